The van der Waals surface area contributed by atoms with E-state index in [9.17, 15) is 8.42 Å². The Labute approximate surface area is 114 Å². The van der Waals surface area contributed by atoms with Crippen LogP contribution in [-0.4, -0.2) is 31.1 Å². The zero-order valence-electron chi connectivity index (χ0n) is 10.5. The Morgan fingerprint density at radius 3 is 2.61 bits per heavy atom. The molecular formula is C13H18ClNO2S. The van der Waals surface area contributed by atoms with Gasteiger partial charge in [0.1, 0.15) is 0 Å². The molecular weight excluding hydrogens is 270 g/mol. The molecule has 1 saturated heterocycles. The molecule has 0 saturated carbocycles. The molecule has 0 aliphatic carbocycles. The van der Waals surface area contributed by atoms with E-state index in [1.807, 2.05) is 24.3 Å². The van der Waals surface area contributed by atoms with Gasteiger partial charge >= 0.3 is 0 Å². The minimum Gasteiger partial charge on any atom is -0.212 e. The van der Waals surface area contributed by atoms with Gasteiger partial charge in [0, 0.05) is 17.6 Å². The summed E-state index contributed by atoms with van der Waals surface area (Å²) in [6.45, 7) is 2.36. The van der Waals surface area contributed by atoms with Gasteiger partial charge in [-0.1, -0.05) is 23.7 Å². The zero-order valence-corrected chi connectivity index (χ0v) is 12.0. The number of hydrogen-bond donors (Lipinski definition) is 0. The highest BCUT2D eigenvalue weighted by Gasteiger charge is 2.32. The Morgan fingerprint density at radius 1 is 1.33 bits per heavy atom. The van der Waals surface area contributed by atoms with Gasteiger partial charge in [-0.15, -0.1) is 0 Å². The first kappa shape index (κ1) is 13.8. The first-order valence-electron chi connectivity index (χ1n) is 6.27. The third kappa shape index (κ3) is 3.05. The zero-order chi connectivity index (χ0) is 13.2. The molecule has 1 aromatic rings. The molecule has 1 atom stereocenters. The van der Waals surface area contributed by atoms with Gasteiger partial charge in [0.15, 0.2) is 0 Å². The quantitative estimate of drug-likeness (QED) is 0.854. The van der Waals surface area contributed by atoms with Gasteiger partial charge in [0.25, 0.3) is 0 Å². The summed E-state index contributed by atoms with van der Waals surface area (Å²) in [6, 6.07) is 7.75. The predicted octanol–water partition coefficient (Wildman–Crippen LogP) is 2.70. The predicted molar refractivity (Wildman–Crippen MR) is 74.3 cm³/mol. The molecule has 3 nitrogen and oxygen atoms in total. The van der Waals surface area contributed by atoms with E-state index in [4.69, 9.17) is 11.6 Å². The molecule has 0 amide bonds. The molecule has 1 aromatic carbocycles. The fourth-order valence-corrected chi connectivity index (χ4v) is 3.94. The van der Waals surface area contributed by atoms with Gasteiger partial charge < -0.3 is 0 Å². The van der Waals surface area contributed by atoms with Crippen molar-refractivity contribution >= 4 is 21.6 Å². The van der Waals surface area contributed by atoms with Crippen LogP contribution in [0.3, 0.4) is 0 Å². The molecule has 18 heavy (non-hydrogen) atoms. The number of hydrogen-bond acceptors (Lipinski definition) is 2. The largest absolute Gasteiger partial charge is 0.214 e. The van der Waals surface area contributed by atoms with Gasteiger partial charge in [0.05, 0.1) is 5.75 Å². The SMILES string of the molecule is CCS(=O)(=O)N1CCCC1Cc1ccc(Cl)cc1. The van der Waals surface area contributed by atoms with Gasteiger partial charge in [0.2, 0.25) is 10.0 Å². The van der Waals surface area contributed by atoms with Crippen molar-refractivity contribution in [1.29, 1.82) is 0 Å². The molecule has 100 valence electrons. The van der Waals surface area contributed by atoms with Crippen molar-refractivity contribution in [2.75, 3.05) is 12.3 Å². The monoisotopic (exact) mass is 287 g/mol. The van der Waals surface area contributed by atoms with Gasteiger partial charge in [-0.2, -0.15) is 4.31 Å². The Balaban J connectivity index is 2.11. The Morgan fingerprint density at radius 2 is 2.00 bits per heavy atom. The number of rotatable bonds is 4. The normalized spacial score (nSPS) is 21.3. The number of halogens is 1. The molecule has 0 bridgehead atoms. The summed E-state index contributed by atoms with van der Waals surface area (Å²) in [5, 5.41) is 0.711. The molecule has 0 spiro atoms. The summed E-state index contributed by atoms with van der Waals surface area (Å²) in [6.07, 6.45) is 2.68. The third-order valence-corrected chi connectivity index (χ3v) is 5.61. The fraction of sp³-hybridized carbons (Fsp3) is 0.538. The lowest BCUT2D eigenvalue weighted by molar-refractivity contribution is 0.386. The molecule has 5 heteroatoms. The van der Waals surface area contributed by atoms with Crippen molar-refractivity contribution in [2.45, 2.75) is 32.2 Å². The van der Waals surface area contributed by atoms with E-state index in [0.29, 0.717) is 11.6 Å². The number of nitrogens with zero attached hydrogens (tertiary/aromatic N) is 1. The summed E-state index contributed by atoms with van der Waals surface area (Å²) in [7, 11) is -3.07. The second-order valence-corrected chi connectivity index (χ2v) is 7.28. The first-order chi connectivity index (χ1) is 8.53. The third-order valence-electron chi connectivity index (χ3n) is 3.43. The van der Waals surface area contributed by atoms with Crippen LogP contribution < -0.4 is 0 Å². The average Bonchev–Trinajstić information content (AvgIpc) is 2.81. The lowest BCUT2D eigenvalue weighted by Gasteiger charge is -2.23. The van der Waals surface area contributed by atoms with E-state index in [1.165, 1.54) is 0 Å². The minimum atomic E-state index is -3.07. The highest BCUT2D eigenvalue weighted by Crippen LogP contribution is 2.24. The molecule has 1 aliphatic heterocycles. The highest BCUT2D eigenvalue weighted by atomic mass is 35.5. The van der Waals surface area contributed by atoms with Crippen LogP contribution in [0.4, 0.5) is 0 Å². The lowest BCUT2D eigenvalue weighted by Crippen LogP contribution is -2.37. The van der Waals surface area contributed by atoms with Crippen molar-refractivity contribution in [3.05, 3.63) is 34.9 Å². The van der Waals surface area contributed by atoms with E-state index in [-0.39, 0.29) is 11.8 Å². The maximum absolute atomic E-state index is 12.0. The molecule has 1 aliphatic rings. The summed E-state index contributed by atoms with van der Waals surface area (Å²) in [4.78, 5) is 0. The van der Waals surface area contributed by atoms with Gasteiger partial charge in [-0.05, 0) is 43.9 Å². The molecule has 0 aromatic heterocycles. The second-order valence-electron chi connectivity index (χ2n) is 4.64. The summed E-state index contributed by atoms with van der Waals surface area (Å²) in [5.41, 5.74) is 1.14. The summed E-state index contributed by atoms with van der Waals surface area (Å²) < 4.78 is 25.6. The Kier molecular flexibility index (Phi) is 4.30. The van der Waals surface area contributed by atoms with Crippen LogP contribution in [0.5, 0.6) is 0 Å². The maximum atomic E-state index is 12.0. The van der Waals surface area contributed by atoms with E-state index in [0.717, 1.165) is 24.8 Å². The van der Waals surface area contributed by atoms with Crippen molar-refractivity contribution in [2.24, 2.45) is 0 Å². The maximum Gasteiger partial charge on any atom is 0.214 e. The van der Waals surface area contributed by atoms with E-state index >= 15 is 0 Å². The molecule has 1 fully saturated rings. The van der Waals surface area contributed by atoms with Crippen LogP contribution in [0.1, 0.15) is 25.3 Å². The van der Waals surface area contributed by atoms with Crippen molar-refractivity contribution in [3.63, 3.8) is 0 Å². The smallest absolute Gasteiger partial charge is 0.212 e. The second kappa shape index (κ2) is 5.59. The number of benzene rings is 1. The van der Waals surface area contributed by atoms with Gasteiger partial charge in [-0.25, -0.2) is 8.42 Å². The Bertz CT molecular complexity index is 498. The van der Waals surface area contributed by atoms with Crippen molar-refractivity contribution < 1.29 is 8.42 Å². The van der Waals surface area contributed by atoms with E-state index < -0.39 is 10.0 Å². The van der Waals surface area contributed by atoms with Crippen LogP contribution in [0.25, 0.3) is 0 Å². The van der Waals surface area contributed by atoms with E-state index in [1.54, 1.807) is 11.2 Å². The minimum absolute atomic E-state index is 0.108. The van der Waals surface area contributed by atoms with Crippen LogP contribution in [0.15, 0.2) is 24.3 Å². The van der Waals surface area contributed by atoms with Crippen molar-refractivity contribution in [3.8, 4) is 0 Å². The standard InChI is InChI=1S/C13H18ClNO2S/c1-2-18(16,17)15-9-3-4-13(15)10-11-5-7-12(14)8-6-11/h5-8,13H,2-4,9-10H2,1H3. The first-order valence-corrected chi connectivity index (χ1v) is 8.25. The Hall–Kier alpha value is -0.580. The topological polar surface area (TPSA) is 37.4 Å². The van der Waals surface area contributed by atoms with Crippen LogP contribution in [-0.2, 0) is 16.4 Å². The lowest BCUT2D eigenvalue weighted by atomic mass is 10.1. The molecule has 2 rings (SSSR count). The molecule has 0 radical (unpaired) electrons. The summed E-state index contributed by atoms with van der Waals surface area (Å²) in [5.74, 6) is 0.185. The van der Waals surface area contributed by atoms with Crippen LogP contribution in [0.2, 0.25) is 5.02 Å². The van der Waals surface area contributed by atoms with Gasteiger partial charge in [-0.3, -0.25) is 0 Å². The average molecular weight is 288 g/mol. The fourth-order valence-electron chi connectivity index (χ4n) is 2.44. The highest BCUT2D eigenvalue weighted by molar-refractivity contribution is 7.89. The molecule has 1 heterocycles. The number of sulfonamides is 1. The van der Waals surface area contributed by atoms with Crippen molar-refractivity contribution in [1.82, 2.24) is 4.31 Å². The van der Waals surface area contributed by atoms with Crippen LogP contribution in [0, 0.1) is 0 Å². The molecule has 1 unspecified atom stereocenters. The summed E-state index contributed by atoms with van der Waals surface area (Å²) >= 11 is 5.85. The van der Waals surface area contributed by atoms with E-state index in [2.05, 4.69) is 0 Å². The molecule has 0 N–H and O–H groups in total. The van der Waals surface area contributed by atoms with Crippen LogP contribution >= 0.6 is 11.6 Å².